The predicted molar refractivity (Wildman–Crippen MR) is 118 cm³/mol. The molecule has 0 N–H and O–H groups in total. The molecule has 0 radical (unpaired) electrons. The maximum absolute atomic E-state index is 14.9. The summed E-state index contributed by atoms with van der Waals surface area (Å²) in [6, 6.07) is 22.6. The number of nitrogens with zero attached hydrogens (tertiary/aromatic N) is 2. The fourth-order valence-electron chi connectivity index (χ4n) is 4.37. The quantitative estimate of drug-likeness (QED) is 0.411. The molecule has 4 aromatic rings. The van der Waals surface area contributed by atoms with Gasteiger partial charge in [-0.25, -0.2) is 4.39 Å². The Morgan fingerprint density at radius 1 is 0.933 bits per heavy atom. The van der Waals surface area contributed by atoms with E-state index in [4.69, 9.17) is 0 Å². The van der Waals surface area contributed by atoms with E-state index in [1.807, 2.05) is 59.3 Å². The largest absolute Gasteiger partial charge is 0.331 e. The van der Waals surface area contributed by atoms with Crippen LogP contribution in [0.1, 0.15) is 42.5 Å². The van der Waals surface area contributed by atoms with Crippen LogP contribution in [0.4, 0.5) is 10.1 Å². The van der Waals surface area contributed by atoms with E-state index in [-0.39, 0.29) is 11.7 Å². The lowest BCUT2D eigenvalue weighted by atomic mass is 10.0. The number of benzene rings is 3. The molecule has 0 aliphatic carbocycles. The van der Waals surface area contributed by atoms with Crippen molar-refractivity contribution in [2.75, 3.05) is 4.90 Å². The second kappa shape index (κ2) is 7.13. The summed E-state index contributed by atoms with van der Waals surface area (Å²) in [5, 5.41) is 1.06. The van der Waals surface area contributed by atoms with E-state index in [0.29, 0.717) is 23.7 Å². The monoisotopic (exact) mass is 398 g/mol. The van der Waals surface area contributed by atoms with Crippen molar-refractivity contribution >= 4 is 22.5 Å². The summed E-state index contributed by atoms with van der Waals surface area (Å²) in [6.45, 7) is 4.65. The fraction of sp³-hybridized carbons (Fsp3) is 0.192. The molecule has 1 aromatic heterocycles. The number of aromatic nitrogens is 1. The van der Waals surface area contributed by atoms with Crippen LogP contribution in [0.3, 0.4) is 0 Å². The lowest BCUT2D eigenvalue weighted by molar-refractivity contribution is -0.120. The molecular formula is C26H23FN2O. The summed E-state index contributed by atoms with van der Waals surface area (Å²) >= 11 is 0. The third kappa shape index (κ3) is 2.91. The molecule has 2 heterocycles. The van der Waals surface area contributed by atoms with E-state index >= 15 is 0 Å². The second-order valence-corrected chi connectivity index (χ2v) is 8.18. The summed E-state index contributed by atoms with van der Waals surface area (Å²) in [6.07, 6.45) is 1.92. The van der Waals surface area contributed by atoms with Crippen molar-refractivity contribution in [1.82, 2.24) is 4.57 Å². The minimum atomic E-state index is -0.564. The van der Waals surface area contributed by atoms with Gasteiger partial charge in [0.25, 0.3) is 5.91 Å². The Bertz CT molecular complexity index is 1240. The zero-order chi connectivity index (χ0) is 20.8. The van der Waals surface area contributed by atoms with Crippen molar-refractivity contribution in [3.05, 3.63) is 102 Å². The van der Waals surface area contributed by atoms with Crippen LogP contribution in [0.2, 0.25) is 0 Å². The van der Waals surface area contributed by atoms with E-state index in [9.17, 15) is 9.18 Å². The average Bonchev–Trinajstić information content (AvgIpc) is 3.28. The number of amides is 1. The highest BCUT2D eigenvalue weighted by atomic mass is 19.1. The topological polar surface area (TPSA) is 25.2 Å². The van der Waals surface area contributed by atoms with E-state index in [1.54, 1.807) is 11.0 Å². The smallest absolute Gasteiger partial charge is 0.255 e. The van der Waals surface area contributed by atoms with Gasteiger partial charge in [0.15, 0.2) is 0 Å². The SMILES string of the molecule is CC(C)c1ccc(CN2C(=O)C(n3ccc4ccccc43)c3cccc(F)c32)cc1. The lowest BCUT2D eigenvalue weighted by Crippen LogP contribution is -2.31. The lowest BCUT2D eigenvalue weighted by Gasteiger charge is -2.19. The van der Waals surface area contributed by atoms with Crippen LogP contribution >= 0.6 is 0 Å². The van der Waals surface area contributed by atoms with Gasteiger partial charge in [0.05, 0.1) is 12.2 Å². The number of hydrogen-bond acceptors (Lipinski definition) is 1. The van der Waals surface area contributed by atoms with Crippen LogP contribution in [-0.4, -0.2) is 10.5 Å². The van der Waals surface area contributed by atoms with Crippen molar-refractivity contribution in [2.24, 2.45) is 0 Å². The number of halogens is 1. The van der Waals surface area contributed by atoms with Crippen LogP contribution in [-0.2, 0) is 11.3 Å². The summed E-state index contributed by atoms with van der Waals surface area (Å²) in [5.41, 5.74) is 4.29. The van der Waals surface area contributed by atoms with Gasteiger partial charge >= 0.3 is 0 Å². The Kier molecular flexibility index (Phi) is 4.43. The molecule has 30 heavy (non-hydrogen) atoms. The van der Waals surface area contributed by atoms with E-state index in [1.165, 1.54) is 11.6 Å². The normalized spacial score (nSPS) is 15.9. The summed E-state index contributed by atoms with van der Waals surface area (Å²) in [5.74, 6) is -0.0277. The van der Waals surface area contributed by atoms with Gasteiger partial charge in [-0.05, 0) is 40.6 Å². The minimum Gasteiger partial charge on any atom is -0.331 e. The first-order valence-corrected chi connectivity index (χ1v) is 10.3. The third-order valence-electron chi connectivity index (χ3n) is 5.98. The van der Waals surface area contributed by atoms with Gasteiger partial charge in [0.2, 0.25) is 0 Å². The molecule has 150 valence electrons. The first-order chi connectivity index (χ1) is 14.5. The summed E-state index contributed by atoms with van der Waals surface area (Å²) in [4.78, 5) is 15.2. The van der Waals surface area contributed by atoms with Crippen molar-refractivity contribution in [2.45, 2.75) is 32.4 Å². The third-order valence-corrected chi connectivity index (χ3v) is 5.98. The van der Waals surface area contributed by atoms with Gasteiger partial charge in [-0.3, -0.25) is 4.79 Å². The zero-order valence-electron chi connectivity index (χ0n) is 17.0. The van der Waals surface area contributed by atoms with Crippen LogP contribution in [0.25, 0.3) is 10.9 Å². The van der Waals surface area contributed by atoms with Gasteiger partial charge in [0, 0.05) is 17.3 Å². The average molecular weight is 398 g/mol. The molecule has 1 atom stereocenters. The molecule has 3 aromatic carbocycles. The Labute approximate surface area is 175 Å². The maximum Gasteiger partial charge on any atom is 0.255 e. The van der Waals surface area contributed by atoms with E-state index in [0.717, 1.165) is 16.5 Å². The van der Waals surface area contributed by atoms with Gasteiger partial charge in [-0.2, -0.15) is 0 Å². The number of carbonyl (C=O) groups excluding carboxylic acids is 1. The number of carbonyl (C=O) groups is 1. The molecule has 4 heteroatoms. The van der Waals surface area contributed by atoms with Gasteiger partial charge in [-0.1, -0.05) is 68.4 Å². The maximum atomic E-state index is 14.9. The van der Waals surface area contributed by atoms with Crippen LogP contribution in [0, 0.1) is 5.82 Å². The fourth-order valence-corrected chi connectivity index (χ4v) is 4.37. The zero-order valence-corrected chi connectivity index (χ0v) is 17.0. The molecule has 0 saturated heterocycles. The number of rotatable bonds is 4. The second-order valence-electron chi connectivity index (χ2n) is 8.18. The standard InChI is InChI=1S/C26H23FN2O/c1-17(2)19-12-10-18(11-13-19)16-29-24-21(7-5-8-22(24)27)25(26(29)30)28-15-14-20-6-3-4-9-23(20)28/h3-15,17,25H,16H2,1-2H3. The molecule has 1 aliphatic rings. The number of para-hydroxylation sites is 2. The van der Waals surface area contributed by atoms with Crippen molar-refractivity contribution < 1.29 is 9.18 Å². The minimum absolute atomic E-state index is 0.107. The molecule has 0 saturated carbocycles. The van der Waals surface area contributed by atoms with E-state index < -0.39 is 6.04 Å². The molecule has 1 amide bonds. The molecule has 0 fully saturated rings. The highest BCUT2D eigenvalue weighted by Gasteiger charge is 2.40. The Hall–Kier alpha value is -3.40. The van der Waals surface area contributed by atoms with Crippen LogP contribution < -0.4 is 4.90 Å². The van der Waals surface area contributed by atoms with E-state index in [2.05, 4.69) is 26.0 Å². The molecule has 5 rings (SSSR count). The Morgan fingerprint density at radius 3 is 2.47 bits per heavy atom. The Balaban J connectivity index is 1.58. The highest BCUT2D eigenvalue weighted by Crippen LogP contribution is 2.42. The van der Waals surface area contributed by atoms with Crippen LogP contribution in [0.15, 0.2) is 79.0 Å². The Morgan fingerprint density at radius 2 is 1.70 bits per heavy atom. The number of anilines is 1. The summed E-state index contributed by atoms with van der Waals surface area (Å²) < 4.78 is 16.9. The first-order valence-electron chi connectivity index (χ1n) is 10.3. The highest BCUT2D eigenvalue weighted by molar-refractivity contribution is 6.05. The van der Waals surface area contributed by atoms with Crippen molar-refractivity contribution in [3.63, 3.8) is 0 Å². The van der Waals surface area contributed by atoms with Gasteiger partial charge in [-0.15, -0.1) is 0 Å². The molecule has 1 aliphatic heterocycles. The predicted octanol–water partition coefficient (Wildman–Crippen LogP) is 6.04. The molecular weight excluding hydrogens is 375 g/mol. The van der Waals surface area contributed by atoms with Gasteiger partial charge in [0.1, 0.15) is 11.9 Å². The number of hydrogen-bond donors (Lipinski definition) is 0. The van der Waals surface area contributed by atoms with Crippen LogP contribution in [0.5, 0.6) is 0 Å². The first kappa shape index (κ1) is 18.6. The molecule has 0 bridgehead atoms. The number of fused-ring (bicyclic) bond motifs is 2. The molecule has 0 spiro atoms. The summed E-state index contributed by atoms with van der Waals surface area (Å²) in [7, 11) is 0. The molecule has 1 unspecified atom stereocenters. The molecule has 3 nitrogen and oxygen atoms in total. The van der Waals surface area contributed by atoms with Gasteiger partial charge < -0.3 is 9.47 Å². The van der Waals surface area contributed by atoms with Crippen molar-refractivity contribution in [3.8, 4) is 0 Å². The van der Waals surface area contributed by atoms with Crippen molar-refractivity contribution in [1.29, 1.82) is 0 Å².